The van der Waals surface area contributed by atoms with Crippen LogP contribution in [0.15, 0.2) is 96.6 Å². The lowest BCUT2D eigenvalue weighted by Gasteiger charge is -2.15. The smallest absolute Gasteiger partial charge is 0.336 e. The number of nitrogens with zero attached hydrogens (tertiary/aromatic N) is 2. The third-order valence-corrected chi connectivity index (χ3v) is 7.08. The standard InChI is InChI=1S/C32H26N2O6S/c1-38-28-15-8-21(17-29(28)39-2)16-25(30(32(36)37)23-11-14-26-27(18-23)34-41-33-26)31(35)22-9-12-24(13-10-22)40-19-20-6-4-3-5-7-20/h3-15,17-18H,16,19H2,1-2H3,(H,36,37)/b30-25+. The molecule has 0 unspecified atom stereocenters. The maximum absolute atomic E-state index is 14.0. The van der Waals surface area contributed by atoms with Crippen LogP contribution in [0.3, 0.4) is 0 Å². The van der Waals surface area contributed by atoms with Crippen LogP contribution in [0, 0.1) is 0 Å². The van der Waals surface area contributed by atoms with E-state index in [0.717, 1.165) is 17.3 Å². The van der Waals surface area contributed by atoms with Gasteiger partial charge in [0, 0.05) is 17.6 Å². The van der Waals surface area contributed by atoms with Crippen molar-refractivity contribution in [3.05, 3.63) is 119 Å². The molecule has 0 saturated heterocycles. The average molecular weight is 567 g/mol. The molecule has 1 aromatic heterocycles. The van der Waals surface area contributed by atoms with Crippen LogP contribution in [0.5, 0.6) is 17.2 Å². The Labute approximate surface area is 240 Å². The molecule has 0 aliphatic rings. The molecule has 0 atom stereocenters. The van der Waals surface area contributed by atoms with Crippen LogP contribution in [-0.2, 0) is 17.8 Å². The topological polar surface area (TPSA) is 108 Å². The largest absolute Gasteiger partial charge is 0.493 e. The van der Waals surface area contributed by atoms with Crippen molar-refractivity contribution in [1.82, 2.24) is 8.75 Å². The Morgan fingerprint density at radius 3 is 2.17 bits per heavy atom. The van der Waals surface area contributed by atoms with Gasteiger partial charge in [0.15, 0.2) is 17.3 Å². The van der Waals surface area contributed by atoms with Gasteiger partial charge in [-0.1, -0.05) is 42.5 Å². The lowest BCUT2D eigenvalue weighted by Crippen LogP contribution is -2.14. The second-order valence-corrected chi connectivity index (χ2v) is 9.65. The van der Waals surface area contributed by atoms with Crippen molar-refractivity contribution < 1.29 is 28.9 Å². The van der Waals surface area contributed by atoms with Gasteiger partial charge in [0.25, 0.3) is 0 Å². The highest BCUT2D eigenvalue weighted by Gasteiger charge is 2.25. The molecule has 206 valence electrons. The predicted molar refractivity (Wildman–Crippen MR) is 157 cm³/mol. The number of ether oxygens (including phenoxy) is 3. The molecule has 1 N–H and O–H groups in total. The van der Waals surface area contributed by atoms with E-state index in [1.807, 2.05) is 30.3 Å². The Bertz CT molecular complexity index is 1730. The zero-order chi connectivity index (χ0) is 28.8. The molecule has 9 heteroatoms. The Morgan fingerprint density at radius 1 is 0.756 bits per heavy atom. The Morgan fingerprint density at radius 2 is 1.46 bits per heavy atom. The monoisotopic (exact) mass is 566 g/mol. The molecule has 0 fully saturated rings. The van der Waals surface area contributed by atoms with Gasteiger partial charge < -0.3 is 19.3 Å². The second kappa shape index (κ2) is 12.4. The summed E-state index contributed by atoms with van der Waals surface area (Å²) in [6, 6.07) is 26.7. The highest BCUT2D eigenvalue weighted by Crippen LogP contribution is 2.32. The fourth-order valence-electron chi connectivity index (χ4n) is 4.46. The maximum Gasteiger partial charge on any atom is 0.336 e. The van der Waals surface area contributed by atoms with Crippen LogP contribution in [0.25, 0.3) is 16.6 Å². The quantitative estimate of drug-likeness (QED) is 0.148. The summed E-state index contributed by atoms with van der Waals surface area (Å²) >= 11 is 1.04. The van der Waals surface area contributed by atoms with Gasteiger partial charge in [0.1, 0.15) is 23.4 Å². The summed E-state index contributed by atoms with van der Waals surface area (Å²) in [5.41, 5.74) is 3.63. The van der Waals surface area contributed by atoms with E-state index >= 15 is 0 Å². The number of Topliss-reactive ketones (excluding diaryl/α,β-unsaturated/α-hetero) is 1. The van der Waals surface area contributed by atoms with Crippen LogP contribution >= 0.6 is 11.7 Å². The Hall–Kier alpha value is -5.02. The molecule has 0 aliphatic heterocycles. The summed E-state index contributed by atoms with van der Waals surface area (Å²) in [6.45, 7) is 0.385. The lowest BCUT2D eigenvalue weighted by atomic mass is 9.89. The molecule has 8 nitrogen and oxygen atoms in total. The van der Waals surface area contributed by atoms with Gasteiger partial charge in [-0.3, -0.25) is 4.79 Å². The van der Waals surface area contributed by atoms with Gasteiger partial charge in [0.05, 0.1) is 31.5 Å². The van der Waals surface area contributed by atoms with Gasteiger partial charge in [-0.05, 0) is 65.2 Å². The van der Waals surface area contributed by atoms with Gasteiger partial charge in [-0.15, -0.1) is 0 Å². The number of hydrogen-bond acceptors (Lipinski definition) is 8. The number of carbonyl (C=O) groups is 2. The van der Waals surface area contributed by atoms with E-state index in [2.05, 4.69) is 8.75 Å². The van der Waals surface area contributed by atoms with E-state index in [-0.39, 0.29) is 17.6 Å². The van der Waals surface area contributed by atoms with Crippen molar-refractivity contribution in [3.8, 4) is 17.2 Å². The zero-order valence-electron chi connectivity index (χ0n) is 22.4. The molecule has 0 bridgehead atoms. The van der Waals surface area contributed by atoms with Crippen LogP contribution in [-0.4, -0.2) is 39.8 Å². The number of fused-ring (bicyclic) bond motifs is 1. The number of aliphatic carboxylic acids is 1. The third-order valence-electron chi connectivity index (χ3n) is 6.53. The summed E-state index contributed by atoms with van der Waals surface area (Å²) in [5.74, 6) is -0.0408. The SMILES string of the molecule is COc1ccc(C/C(C(=O)c2ccc(OCc3ccccc3)cc2)=C(\C(=O)O)c2ccc3nsnc3c2)cc1OC. The predicted octanol–water partition coefficient (Wildman–Crippen LogP) is 6.25. The number of carbonyl (C=O) groups excluding carboxylic acids is 1. The number of carboxylic acid groups (broad SMARTS) is 1. The minimum atomic E-state index is -1.22. The van der Waals surface area contributed by atoms with E-state index < -0.39 is 11.8 Å². The van der Waals surface area contributed by atoms with Gasteiger partial charge in [-0.2, -0.15) is 8.75 Å². The van der Waals surface area contributed by atoms with Gasteiger partial charge in [-0.25, -0.2) is 4.79 Å². The zero-order valence-corrected chi connectivity index (χ0v) is 23.2. The number of rotatable bonds is 11. The number of allylic oxidation sites excluding steroid dienone is 1. The third kappa shape index (κ3) is 6.26. The number of aromatic nitrogens is 2. The van der Waals surface area contributed by atoms with Crippen molar-refractivity contribution in [3.63, 3.8) is 0 Å². The first-order valence-corrected chi connectivity index (χ1v) is 13.4. The average Bonchev–Trinajstić information content (AvgIpc) is 3.48. The van der Waals surface area contributed by atoms with E-state index in [4.69, 9.17) is 14.2 Å². The number of methoxy groups -OCH3 is 2. The number of ketones is 1. The molecule has 0 saturated carbocycles. The summed E-state index contributed by atoms with van der Waals surface area (Å²) in [4.78, 5) is 26.7. The molecule has 1 heterocycles. The number of benzene rings is 4. The molecule has 41 heavy (non-hydrogen) atoms. The number of hydrogen-bond donors (Lipinski definition) is 1. The van der Waals surface area contributed by atoms with Crippen LogP contribution in [0.1, 0.15) is 27.0 Å². The normalized spacial score (nSPS) is 11.6. The van der Waals surface area contributed by atoms with Gasteiger partial charge >= 0.3 is 5.97 Å². The van der Waals surface area contributed by atoms with Crippen molar-refractivity contribution in [2.75, 3.05) is 14.2 Å². The first-order chi connectivity index (χ1) is 20.0. The van der Waals surface area contributed by atoms with E-state index in [9.17, 15) is 14.7 Å². The fraction of sp³-hybridized carbons (Fsp3) is 0.125. The second-order valence-electron chi connectivity index (χ2n) is 9.12. The molecule has 0 aliphatic carbocycles. The highest BCUT2D eigenvalue weighted by atomic mass is 32.1. The summed E-state index contributed by atoms with van der Waals surface area (Å²) in [6.07, 6.45) is 0.0421. The Kier molecular flexibility index (Phi) is 8.36. The van der Waals surface area contributed by atoms with Crippen LogP contribution in [0.4, 0.5) is 0 Å². The van der Waals surface area contributed by atoms with Crippen LogP contribution < -0.4 is 14.2 Å². The van der Waals surface area contributed by atoms with Gasteiger partial charge in [0.2, 0.25) is 0 Å². The molecule has 0 spiro atoms. The first-order valence-electron chi connectivity index (χ1n) is 12.7. The fourth-order valence-corrected chi connectivity index (χ4v) is 4.98. The Balaban J connectivity index is 1.54. The first kappa shape index (κ1) is 27.5. The van der Waals surface area contributed by atoms with E-state index in [0.29, 0.717) is 51.6 Å². The molecular formula is C32H26N2O6S. The molecule has 5 aromatic rings. The minimum Gasteiger partial charge on any atom is -0.493 e. The van der Waals surface area contributed by atoms with E-state index in [1.54, 1.807) is 60.7 Å². The maximum atomic E-state index is 14.0. The molecular weight excluding hydrogens is 540 g/mol. The summed E-state index contributed by atoms with van der Waals surface area (Å²) < 4.78 is 25.1. The minimum absolute atomic E-state index is 0.0421. The lowest BCUT2D eigenvalue weighted by molar-refractivity contribution is -0.130. The van der Waals surface area contributed by atoms with Crippen molar-refractivity contribution >= 4 is 40.1 Å². The van der Waals surface area contributed by atoms with E-state index in [1.165, 1.54) is 14.2 Å². The molecule has 0 radical (unpaired) electrons. The molecule has 0 amide bonds. The van der Waals surface area contributed by atoms with Crippen molar-refractivity contribution in [2.24, 2.45) is 0 Å². The number of carboxylic acids is 1. The van der Waals surface area contributed by atoms with Crippen LogP contribution in [0.2, 0.25) is 0 Å². The van der Waals surface area contributed by atoms with Crippen molar-refractivity contribution in [1.29, 1.82) is 0 Å². The highest BCUT2D eigenvalue weighted by molar-refractivity contribution is 7.00. The molecule has 4 aromatic carbocycles. The molecule has 5 rings (SSSR count). The summed E-state index contributed by atoms with van der Waals surface area (Å²) in [5, 5.41) is 10.4. The van der Waals surface area contributed by atoms with Crippen molar-refractivity contribution in [2.45, 2.75) is 13.0 Å². The summed E-state index contributed by atoms with van der Waals surface area (Å²) in [7, 11) is 3.05.